The molecule has 0 spiro atoms. The summed E-state index contributed by atoms with van der Waals surface area (Å²) in [5, 5.41) is 5.77. The molecule has 2 amide bonds. The minimum absolute atomic E-state index is 0.117. The SMILES string of the molecule is CC(NC(=O)Nc1cccc(COCCOc2ccccc2)c1)c1ccncc1. The molecule has 6 nitrogen and oxygen atoms in total. The van der Waals surface area contributed by atoms with Gasteiger partial charge in [-0.3, -0.25) is 4.98 Å². The van der Waals surface area contributed by atoms with Gasteiger partial charge in [-0.2, -0.15) is 0 Å². The van der Waals surface area contributed by atoms with Crippen molar-refractivity contribution in [3.05, 3.63) is 90.3 Å². The Hall–Kier alpha value is -3.38. The minimum Gasteiger partial charge on any atom is -0.491 e. The van der Waals surface area contributed by atoms with Gasteiger partial charge in [0, 0.05) is 18.1 Å². The van der Waals surface area contributed by atoms with E-state index in [0.29, 0.717) is 25.5 Å². The number of urea groups is 1. The molecule has 3 rings (SSSR count). The number of pyridine rings is 1. The van der Waals surface area contributed by atoms with Crippen molar-refractivity contribution < 1.29 is 14.3 Å². The van der Waals surface area contributed by atoms with Crippen LogP contribution in [0.1, 0.15) is 24.1 Å². The number of nitrogens with one attached hydrogen (secondary N) is 2. The van der Waals surface area contributed by atoms with Gasteiger partial charge in [0.1, 0.15) is 12.4 Å². The van der Waals surface area contributed by atoms with Crippen molar-refractivity contribution in [1.29, 1.82) is 0 Å². The molecular weight excluding hydrogens is 366 g/mol. The topological polar surface area (TPSA) is 72.5 Å². The Labute approximate surface area is 170 Å². The third-order valence-electron chi connectivity index (χ3n) is 4.25. The fourth-order valence-electron chi connectivity index (χ4n) is 2.76. The van der Waals surface area contributed by atoms with Gasteiger partial charge in [-0.1, -0.05) is 30.3 Å². The molecule has 3 aromatic rings. The number of benzene rings is 2. The zero-order valence-electron chi connectivity index (χ0n) is 16.4. The Morgan fingerprint density at radius 1 is 1.00 bits per heavy atom. The Bertz CT molecular complexity index is 888. The zero-order valence-corrected chi connectivity index (χ0v) is 16.4. The lowest BCUT2D eigenvalue weighted by Crippen LogP contribution is -2.31. The second-order valence-corrected chi connectivity index (χ2v) is 6.52. The number of ether oxygens (including phenoxy) is 2. The maximum Gasteiger partial charge on any atom is 0.319 e. The van der Waals surface area contributed by atoms with Gasteiger partial charge >= 0.3 is 6.03 Å². The molecule has 0 aliphatic heterocycles. The second-order valence-electron chi connectivity index (χ2n) is 6.52. The molecule has 29 heavy (non-hydrogen) atoms. The summed E-state index contributed by atoms with van der Waals surface area (Å²) in [5.41, 5.74) is 2.69. The Morgan fingerprint density at radius 2 is 1.79 bits per heavy atom. The summed E-state index contributed by atoms with van der Waals surface area (Å²) in [6.45, 7) is 3.34. The molecule has 0 saturated heterocycles. The summed E-state index contributed by atoms with van der Waals surface area (Å²) in [6.07, 6.45) is 3.42. The van der Waals surface area contributed by atoms with Crippen LogP contribution in [0, 0.1) is 0 Å². The highest BCUT2D eigenvalue weighted by Crippen LogP contribution is 2.14. The van der Waals surface area contributed by atoms with Crippen LogP contribution in [-0.2, 0) is 11.3 Å². The van der Waals surface area contributed by atoms with Crippen LogP contribution in [0.25, 0.3) is 0 Å². The first-order valence-electron chi connectivity index (χ1n) is 9.52. The number of hydrogen-bond donors (Lipinski definition) is 2. The van der Waals surface area contributed by atoms with Crippen molar-refractivity contribution in [2.24, 2.45) is 0 Å². The molecule has 1 heterocycles. The van der Waals surface area contributed by atoms with Crippen molar-refractivity contribution in [2.45, 2.75) is 19.6 Å². The number of rotatable bonds is 9. The molecule has 0 aliphatic rings. The predicted octanol–water partition coefficient (Wildman–Crippen LogP) is 4.56. The Balaban J connectivity index is 1.41. The van der Waals surface area contributed by atoms with Gasteiger partial charge in [0.15, 0.2) is 0 Å². The summed E-state index contributed by atoms with van der Waals surface area (Å²) < 4.78 is 11.3. The second kappa shape index (κ2) is 10.8. The zero-order chi connectivity index (χ0) is 20.3. The average molecular weight is 391 g/mol. The number of amides is 2. The quantitative estimate of drug-likeness (QED) is 0.525. The van der Waals surface area contributed by atoms with Gasteiger partial charge in [-0.15, -0.1) is 0 Å². The van der Waals surface area contributed by atoms with Crippen LogP contribution in [0.15, 0.2) is 79.1 Å². The highest BCUT2D eigenvalue weighted by Gasteiger charge is 2.09. The Morgan fingerprint density at radius 3 is 2.59 bits per heavy atom. The van der Waals surface area contributed by atoms with E-state index >= 15 is 0 Å². The van der Waals surface area contributed by atoms with Crippen molar-refractivity contribution in [3.63, 3.8) is 0 Å². The van der Waals surface area contributed by atoms with Crippen LogP contribution in [0.2, 0.25) is 0 Å². The van der Waals surface area contributed by atoms with Crippen LogP contribution in [0.4, 0.5) is 10.5 Å². The van der Waals surface area contributed by atoms with E-state index < -0.39 is 0 Å². The summed E-state index contributed by atoms with van der Waals surface area (Å²) in [4.78, 5) is 16.2. The van der Waals surface area contributed by atoms with E-state index in [-0.39, 0.29) is 12.1 Å². The van der Waals surface area contributed by atoms with E-state index in [4.69, 9.17) is 9.47 Å². The van der Waals surface area contributed by atoms with E-state index in [1.165, 1.54) is 0 Å². The van der Waals surface area contributed by atoms with Gasteiger partial charge in [0.2, 0.25) is 0 Å². The standard InChI is InChI=1S/C23H25N3O3/c1-18(20-10-12-24-13-11-20)25-23(27)26-21-7-5-6-19(16-21)17-28-14-15-29-22-8-3-2-4-9-22/h2-13,16,18H,14-15,17H2,1H3,(H2,25,26,27). The largest absolute Gasteiger partial charge is 0.491 e. The van der Waals surface area contributed by atoms with Gasteiger partial charge in [0.25, 0.3) is 0 Å². The third-order valence-corrected chi connectivity index (χ3v) is 4.25. The van der Waals surface area contributed by atoms with Crippen molar-refractivity contribution in [3.8, 4) is 5.75 Å². The van der Waals surface area contributed by atoms with Crippen molar-refractivity contribution in [2.75, 3.05) is 18.5 Å². The molecule has 2 N–H and O–H groups in total. The molecule has 150 valence electrons. The number of hydrogen-bond acceptors (Lipinski definition) is 4. The molecule has 1 aromatic heterocycles. The maximum absolute atomic E-state index is 12.3. The van der Waals surface area contributed by atoms with Crippen LogP contribution >= 0.6 is 0 Å². The maximum atomic E-state index is 12.3. The molecule has 0 bridgehead atoms. The number of anilines is 1. The number of nitrogens with zero attached hydrogens (tertiary/aromatic N) is 1. The minimum atomic E-state index is -0.261. The van der Waals surface area contributed by atoms with Crippen LogP contribution < -0.4 is 15.4 Å². The van der Waals surface area contributed by atoms with Gasteiger partial charge in [-0.05, 0) is 54.4 Å². The van der Waals surface area contributed by atoms with Crippen LogP contribution in [0.3, 0.4) is 0 Å². The molecule has 0 saturated carbocycles. The monoisotopic (exact) mass is 391 g/mol. The average Bonchev–Trinajstić information content (AvgIpc) is 2.75. The molecule has 0 fully saturated rings. The molecule has 0 aliphatic carbocycles. The number of aromatic nitrogens is 1. The third kappa shape index (κ3) is 6.93. The summed E-state index contributed by atoms with van der Waals surface area (Å²) in [6, 6.07) is 20.6. The fourth-order valence-corrected chi connectivity index (χ4v) is 2.76. The molecule has 2 aromatic carbocycles. The van der Waals surface area contributed by atoms with E-state index in [9.17, 15) is 4.79 Å². The lowest BCUT2D eigenvalue weighted by atomic mass is 10.1. The number of para-hydroxylation sites is 1. The highest BCUT2D eigenvalue weighted by atomic mass is 16.5. The van der Waals surface area contributed by atoms with Crippen LogP contribution in [-0.4, -0.2) is 24.2 Å². The van der Waals surface area contributed by atoms with Gasteiger partial charge < -0.3 is 20.1 Å². The van der Waals surface area contributed by atoms with E-state index in [1.807, 2.05) is 73.7 Å². The fraction of sp³-hybridized carbons (Fsp3) is 0.217. The van der Waals surface area contributed by atoms with Crippen molar-refractivity contribution in [1.82, 2.24) is 10.3 Å². The van der Waals surface area contributed by atoms with Crippen molar-refractivity contribution >= 4 is 11.7 Å². The lowest BCUT2D eigenvalue weighted by molar-refractivity contribution is 0.0889. The smallest absolute Gasteiger partial charge is 0.319 e. The van der Waals surface area contributed by atoms with Crippen LogP contribution in [0.5, 0.6) is 5.75 Å². The first kappa shape index (κ1) is 20.4. The van der Waals surface area contributed by atoms with Gasteiger partial charge in [0.05, 0.1) is 19.3 Å². The first-order chi connectivity index (χ1) is 14.2. The van der Waals surface area contributed by atoms with E-state index in [1.54, 1.807) is 12.4 Å². The van der Waals surface area contributed by atoms with E-state index in [2.05, 4.69) is 15.6 Å². The molecule has 1 atom stereocenters. The normalized spacial score (nSPS) is 11.5. The number of carbonyl (C=O) groups is 1. The molecule has 1 unspecified atom stereocenters. The Kier molecular flexibility index (Phi) is 7.60. The summed E-state index contributed by atoms with van der Waals surface area (Å²) in [7, 11) is 0. The van der Waals surface area contributed by atoms with E-state index in [0.717, 1.165) is 16.9 Å². The first-order valence-corrected chi connectivity index (χ1v) is 9.52. The molecular formula is C23H25N3O3. The highest BCUT2D eigenvalue weighted by molar-refractivity contribution is 5.89. The molecule has 0 radical (unpaired) electrons. The summed E-state index contributed by atoms with van der Waals surface area (Å²) in [5.74, 6) is 0.828. The van der Waals surface area contributed by atoms with Gasteiger partial charge in [-0.25, -0.2) is 4.79 Å². The predicted molar refractivity (Wildman–Crippen MR) is 113 cm³/mol. The number of carbonyl (C=O) groups excluding carboxylic acids is 1. The summed E-state index contributed by atoms with van der Waals surface area (Å²) >= 11 is 0. The molecule has 6 heteroatoms. The lowest BCUT2D eigenvalue weighted by Gasteiger charge is -2.15.